The maximum Gasteiger partial charge on any atom is 0.251 e. The number of nitrogens with zero attached hydrogens (tertiary/aromatic N) is 1. The number of carbonyl (C=O) groups is 1. The third-order valence-corrected chi connectivity index (χ3v) is 4.48. The number of anilines is 1. The van der Waals surface area contributed by atoms with E-state index in [9.17, 15) is 9.18 Å². The number of aryl methyl sites for hydroxylation is 3. The number of carbonyl (C=O) groups excluding carboxylic acids is 1. The number of rotatable bonds is 5. The first-order valence-corrected chi connectivity index (χ1v) is 8.76. The summed E-state index contributed by atoms with van der Waals surface area (Å²) >= 11 is 0. The summed E-state index contributed by atoms with van der Waals surface area (Å²) in [6.07, 6.45) is 3.45. The van der Waals surface area contributed by atoms with Crippen molar-refractivity contribution in [2.75, 3.05) is 18.4 Å². The minimum Gasteiger partial charge on any atom is -0.370 e. The summed E-state index contributed by atoms with van der Waals surface area (Å²) in [6.45, 7) is 2.31. The van der Waals surface area contributed by atoms with E-state index in [1.54, 1.807) is 19.1 Å². The number of benzene rings is 2. The number of hydrogen-bond donors (Lipinski definition) is 3. The standard InChI is InChI=1S/C20H23FN4O.HI/c1-13-5-6-16(12-18(13)21)19(26)23-9-10-24-20(22)25-17-8-7-14-3-2-4-15(14)11-17;/h5-8,11-12H,2-4,9-10H2,1H3,(H,23,26)(H3,22,24,25);1H. The second kappa shape index (κ2) is 9.68. The number of guanidine groups is 1. The van der Waals surface area contributed by atoms with Crippen LogP contribution in [-0.4, -0.2) is 25.0 Å². The predicted molar refractivity (Wildman–Crippen MR) is 117 cm³/mol. The van der Waals surface area contributed by atoms with E-state index in [1.165, 1.54) is 23.6 Å². The smallest absolute Gasteiger partial charge is 0.251 e. The zero-order chi connectivity index (χ0) is 18.5. The molecule has 0 aromatic heterocycles. The van der Waals surface area contributed by atoms with Gasteiger partial charge in [-0.25, -0.2) is 4.39 Å². The molecule has 0 aliphatic heterocycles. The number of nitrogens with one attached hydrogen (secondary N) is 2. The highest BCUT2D eigenvalue weighted by molar-refractivity contribution is 14.0. The molecule has 2 aromatic carbocycles. The number of fused-ring (bicyclic) bond motifs is 1. The Bertz CT molecular complexity index is 854. The van der Waals surface area contributed by atoms with Crippen molar-refractivity contribution in [3.63, 3.8) is 0 Å². The van der Waals surface area contributed by atoms with Gasteiger partial charge in [-0.1, -0.05) is 12.1 Å². The van der Waals surface area contributed by atoms with Crippen molar-refractivity contribution >= 4 is 41.5 Å². The van der Waals surface area contributed by atoms with Crippen LogP contribution in [0.5, 0.6) is 0 Å². The van der Waals surface area contributed by atoms with Crippen LogP contribution in [0.1, 0.15) is 33.5 Å². The zero-order valence-corrected chi connectivity index (χ0v) is 17.5. The summed E-state index contributed by atoms with van der Waals surface area (Å²) in [5.41, 5.74) is 10.4. The van der Waals surface area contributed by atoms with E-state index in [-0.39, 0.29) is 29.9 Å². The van der Waals surface area contributed by atoms with Gasteiger partial charge in [0.25, 0.3) is 5.91 Å². The Hall–Kier alpha value is -2.16. The highest BCUT2D eigenvalue weighted by atomic mass is 127. The van der Waals surface area contributed by atoms with Crippen LogP contribution in [0.2, 0.25) is 0 Å². The Morgan fingerprint density at radius 1 is 1.19 bits per heavy atom. The first-order valence-electron chi connectivity index (χ1n) is 8.76. The molecule has 1 aliphatic rings. The Kier molecular flexibility index (Phi) is 7.58. The highest BCUT2D eigenvalue weighted by Gasteiger charge is 2.11. The van der Waals surface area contributed by atoms with Gasteiger partial charge in [-0.3, -0.25) is 9.79 Å². The quantitative estimate of drug-likeness (QED) is 0.265. The van der Waals surface area contributed by atoms with Gasteiger partial charge in [0.1, 0.15) is 5.82 Å². The molecule has 5 nitrogen and oxygen atoms in total. The largest absolute Gasteiger partial charge is 0.370 e. The molecule has 0 radical (unpaired) electrons. The summed E-state index contributed by atoms with van der Waals surface area (Å²) in [5.74, 6) is -0.415. The molecule has 144 valence electrons. The molecule has 1 aliphatic carbocycles. The Morgan fingerprint density at radius 2 is 1.96 bits per heavy atom. The van der Waals surface area contributed by atoms with Crippen LogP contribution >= 0.6 is 24.0 Å². The number of aliphatic imine (C=N–C) groups is 1. The lowest BCUT2D eigenvalue weighted by atomic mass is 10.1. The molecule has 1 amide bonds. The van der Waals surface area contributed by atoms with Gasteiger partial charge in [0, 0.05) is 17.8 Å². The lowest BCUT2D eigenvalue weighted by molar-refractivity contribution is 0.0954. The molecule has 0 bridgehead atoms. The van der Waals surface area contributed by atoms with E-state index in [4.69, 9.17) is 5.73 Å². The van der Waals surface area contributed by atoms with Gasteiger partial charge in [-0.2, -0.15) is 0 Å². The topological polar surface area (TPSA) is 79.5 Å². The molecule has 0 heterocycles. The van der Waals surface area contributed by atoms with Crippen LogP contribution in [0.4, 0.5) is 10.1 Å². The van der Waals surface area contributed by atoms with Crippen LogP contribution in [0.15, 0.2) is 41.4 Å². The van der Waals surface area contributed by atoms with Crippen molar-refractivity contribution in [1.82, 2.24) is 5.32 Å². The maximum atomic E-state index is 13.5. The van der Waals surface area contributed by atoms with Crippen LogP contribution < -0.4 is 16.4 Å². The molecule has 0 unspecified atom stereocenters. The molecule has 27 heavy (non-hydrogen) atoms. The third kappa shape index (κ3) is 5.66. The third-order valence-electron chi connectivity index (χ3n) is 4.48. The fourth-order valence-corrected chi connectivity index (χ4v) is 3.02. The molecule has 3 rings (SSSR count). The van der Waals surface area contributed by atoms with E-state index >= 15 is 0 Å². The second-order valence-corrected chi connectivity index (χ2v) is 6.45. The lowest BCUT2D eigenvalue weighted by Gasteiger charge is -2.08. The van der Waals surface area contributed by atoms with Gasteiger partial charge < -0.3 is 16.4 Å². The summed E-state index contributed by atoms with van der Waals surface area (Å²) in [4.78, 5) is 16.2. The summed E-state index contributed by atoms with van der Waals surface area (Å²) in [6, 6.07) is 10.6. The van der Waals surface area contributed by atoms with E-state index in [1.807, 2.05) is 6.07 Å². The predicted octanol–water partition coefficient (Wildman–Crippen LogP) is 3.40. The lowest BCUT2D eigenvalue weighted by Crippen LogP contribution is -2.28. The van der Waals surface area contributed by atoms with Gasteiger partial charge in [0.05, 0.1) is 6.54 Å². The highest BCUT2D eigenvalue weighted by Crippen LogP contribution is 2.24. The van der Waals surface area contributed by atoms with Crippen molar-refractivity contribution in [2.24, 2.45) is 10.7 Å². The number of hydrogen-bond acceptors (Lipinski definition) is 2. The van der Waals surface area contributed by atoms with Crippen LogP contribution in [-0.2, 0) is 12.8 Å². The monoisotopic (exact) mass is 482 g/mol. The van der Waals surface area contributed by atoms with Gasteiger partial charge in [-0.15, -0.1) is 24.0 Å². The molecule has 0 spiro atoms. The van der Waals surface area contributed by atoms with Crippen LogP contribution in [0.25, 0.3) is 0 Å². The van der Waals surface area contributed by atoms with Gasteiger partial charge >= 0.3 is 0 Å². The first kappa shape index (κ1) is 21.1. The fourth-order valence-electron chi connectivity index (χ4n) is 3.02. The van der Waals surface area contributed by atoms with E-state index in [2.05, 4.69) is 27.8 Å². The molecule has 0 saturated carbocycles. The number of nitrogens with two attached hydrogens (primary N) is 1. The van der Waals surface area contributed by atoms with E-state index in [0.29, 0.717) is 30.2 Å². The minimum absolute atomic E-state index is 0. The molecule has 2 aromatic rings. The Balaban J connectivity index is 0.00000261. The molecular formula is C20H24FIN4O. The zero-order valence-electron chi connectivity index (χ0n) is 15.2. The summed E-state index contributed by atoms with van der Waals surface area (Å²) < 4.78 is 13.5. The Morgan fingerprint density at radius 3 is 2.74 bits per heavy atom. The second-order valence-electron chi connectivity index (χ2n) is 6.45. The molecule has 4 N–H and O–H groups in total. The Labute approximate surface area is 175 Å². The van der Waals surface area contributed by atoms with Crippen molar-refractivity contribution in [1.29, 1.82) is 0 Å². The van der Waals surface area contributed by atoms with Gasteiger partial charge in [0.2, 0.25) is 0 Å². The average Bonchev–Trinajstić information content (AvgIpc) is 3.08. The maximum absolute atomic E-state index is 13.5. The molecule has 0 fully saturated rings. The van der Waals surface area contributed by atoms with Crippen LogP contribution in [0.3, 0.4) is 0 Å². The van der Waals surface area contributed by atoms with Crippen molar-refractivity contribution in [3.8, 4) is 0 Å². The van der Waals surface area contributed by atoms with Crippen molar-refractivity contribution < 1.29 is 9.18 Å². The molecule has 0 atom stereocenters. The SMILES string of the molecule is Cc1ccc(C(=O)NCCN=C(N)Nc2ccc3c(c2)CCC3)cc1F.I. The minimum atomic E-state index is -0.390. The number of halogens is 2. The summed E-state index contributed by atoms with van der Waals surface area (Å²) in [5, 5.41) is 5.77. The van der Waals surface area contributed by atoms with Crippen molar-refractivity contribution in [3.05, 3.63) is 64.5 Å². The fraction of sp³-hybridized carbons (Fsp3) is 0.300. The molecule has 0 saturated heterocycles. The average molecular weight is 482 g/mol. The molecule has 7 heteroatoms. The number of amides is 1. The first-order chi connectivity index (χ1) is 12.5. The van der Waals surface area contributed by atoms with Crippen LogP contribution in [0, 0.1) is 12.7 Å². The summed E-state index contributed by atoms with van der Waals surface area (Å²) in [7, 11) is 0. The van der Waals surface area contributed by atoms with Gasteiger partial charge in [0.15, 0.2) is 5.96 Å². The molecular weight excluding hydrogens is 458 g/mol. The van der Waals surface area contributed by atoms with E-state index < -0.39 is 5.82 Å². The van der Waals surface area contributed by atoms with Gasteiger partial charge in [-0.05, 0) is 67.1 Å². The van der Waals surface area contributed by atoms with Crippen molar-refractivity contribution in [2.45, 2.75) is 26.2 Å². The van der Waals surface area contributed by atoms with E-state index in [0.717, 1.165) is 18.5 Å². The normalized spacial score (nSPS) is 12.9.